The normalized spacial score (nSPS) is 12.8. The molecule has 2 unspecified atom stereocenters. The summed E-state index contributed by atoms with van der Waals surface area (Å²) in [6.45, 7) is 5.96. The van der Waals surface area contributed by atoms with E-state index < -0.39 is 16.9 Å². The lowest BCUT2D eigenvalue weighted by Gasteiger charge is -2.21. The third-order valence-electron chi connectivity index (χ3n) is 4.46. The van der Waals surface area contributed by atoms with Gasteiger partial charge in [-0.25, -0.2) is 0 Å². The van der Waals surface area contributed by atoms with Crippen molar-refractivity contribution in [3.8, 4) is 0 Å². The number of hydrogen-bond acceptors (Lipinski definition) is 6. The van der Waals surface area contributed by atoms with Crippen molar-refractivity contribution in [3.05, 3.63) is 61.3 Å². The highest BCUT2D eigenvalue weighted by Gasteiger charge is 2.24. The number of nitro groups is 1. The van der Waals surface area contributed by atoms with Gasteiger partial charge in [0, 0.05) is 27.5 Å². The summed E-state index contributed by atoms with van der Waals surface area (Å²) >= 11 is 3.26. The summed E-state index contributed by atoms with van der Waals surface area (Å²) in [5, 5.41) is 16.6. The number of amides is 2. The fourth-order valence-electron chi connectivity index (χ4n) is 2.98. The summed E-state index contributed by atoms with van der Waals surface area (Å²) < 4.78 is 0. The van der Waals surface area contributed by atoms with Crippen molar-refractivity contribution >= 4 is 40.6 Å². The third kappa shape index (κ3) is 6.30. The van der Waals surface area contributed by atoms with Crippen molar-refractivity contribution in [2.45, 2.75) is 39.3 Å². The minimum atomic E-state index is -0.725. The van der Waals surface area contributed by atoms with Gasteiger partial charge in [-0.15, -0.1) is 11.3 Å². The topological polar surface area (TPSA) is 101 Å². The fourth-order valence-corrected chi connectivity index (χ4v) is 4.47. The molecule has 0 aliphatic heterocycles. The molecule has 1 aromatic carbocycles. The van der Waals surface area contributed by atoms with E-state index in [9.17, 15) is 19.7 Å². The monoisotopic (exact) mass is 435 g/mol. The Morgan fingerprint density at radius 3 is 2.55 bits per heavy atom. The van der Waals surface area contributed by atoms with E-state index in [0.29, 0.717) is 12.2 Å². The number of non-ortho nitro benzene ring substituents is 1. The first-order chi connectivity index (χ1) is 13.7. The van der Waals surface area contributed by atoms with Crippen LogP contribution in [0.5, 0.6) is 0 Å². The maximum absolute atomic E-state index is 12.9. The molecule has 7 nitrogen and oxygen atoms in total. The minimum absolute atomic E-state index is 0.151. The number of nitrogens with zero attached hydrogens (tertiary/aromatic N) is 1. The largest absolute Gasteiger partial charge is 0.348 e. The molecule has 2 atom stereocenters. The third-order valence-corrected chi connectivity index (χ3v) is 6.08. The molecule has 0 radical (unpaired) electrons. The number of carbonyl (C=O) groups is 2. The molecular weight excluding hydrogens is 410 g/mol. The van der Waals surface area contributed by atoms with Gasteiger partial charge in [-0.05, 0) is 56.9 Å². The quantitative estimate of drug-likeness (QED) is 0.458. The minimum Gasteiger partial charge on any atom is -0.348 e. The first-order valence-corrected chi connectivity index (χ1v) is 11.4. The predicted molar refractivity (Wildman–Crippen MR) is 118 cm³/mol. The Morgan fingerprint density at radius 2 is 1.97 bits per heavy atom. The van der Waals surface area contributed by atoms with Crippen molar-refractivity contribution < 1.29 is 14.5 Å². The molecule has 2 rings (SSSR count). The second-order valence-electron chi connectivity index (χ2n) is 6.71. The van der Waals surface area contributed by atoms with Crippen LogP contribution >= 0.6 is 23.1 Å². The number of nitrogens with one attached hydrogen (secondary N) is 2. The lowest BCUT2D eigenvalue weighted by atomic mass is 10.1. The zero-order chi connectivity index (χ0) is 21.6. The summed E-state index contributed by atoms with van der Waals surface area (Å²) in [6, 6.07) is 6.62. The number of hydrogen-bond donors (Lipinski definition) is 2. The average molecular weight is 436 g/mol. The zero-order valence-electron chi connectivity index (χ0n) is 16.9. The molecule has 2 amide bonds. The van der Waals surface area contributed by atoms with Gasteiger partial charge in [-0.2, -0.15) is 11.8 Å². The van der Waals surface area contributed by atoms with E-state index in [0.717, 1.165) is 10.4 Å². The summed E-state index contributed by atoms with van der Waals surface area (Å²) in [7, 11) is 0. The van der Waals surface area contributed by atoms with Gasteiger partial charge < -0.3 is 10.6 Å². The predicted octanol–water partition coefficient (Wildman–Crippen LogP) is 4.00. The van der Waals surface area contributed by atoms with Gasteiger partial charge in [-0.1, -0.05) is 6.07 Å². The first kappa shape index (κ1) is 22.9. The molecule has 0 aliphatic rings. The maximum atomic E-state index is 12.9. The van der Waals surface area contributed by atoms with Crippen molar-refractivity contribution in [1.82, 2.24) is 10.6 Å². The van der Waals surface area contributed by atoms with E-state index in [1.54, 1.807) is 23.1 Å². The highest BCUT2D eigenvalue weighted by Crippen LogP contribution is 2.26. The molecule has 9 heteroatoms. The Balaban J connectivity index is 2.12. The van der Waals surface area contributed by atoms with Crippen LogP contribution in [0.2, 0.25) is 0 Å². The van der Waals surface area contributed by atoms with Gasteiger partial charge in [0.05, 0.1) is 11.0 Å². The second kappa shape index (κ2) is 10.4. The van der Waals surface area contributed by atoms with E-state index in [-0.39, 0.29) is 23.2 Å². The Bertz CT molecular complexity index is 898. The fraction of sp³-hybridized carbons (Fsp3) is 0.400. The van der Waals surface area contributed by atoms with E-state index in [1.807, 2.05) is 27.0 Å². The standard InChI is InChI=1S/C20H25N3O4S2/c1-12-10-17(14(3)29-12)13(2)21-20(25)18(8-9-28-4)22-19(24)15-6-5-7-16(11-15)23(26)27/h5-7,10-11,13,18H,8-9H2,1-4H3,(H,21,25)(H,22,24). The summed E-state index contributed by atoms with van der Waals surface area (Å²) in [4.78, 5) is 38.2. The van der Waals surface area contributed by atoms with Crippen molar-refractivity contribution in [3.63, 3.8) is 0 Å². The van der Waals surface area contributed by atoms with Crippen molar-refractivity contribution in [2.75, 3.05) is 12.0 Å². The van der Waals surface area contributed by atoms with Crippen molar-refractivity contribution in [1.29, 1.82) is 0 Å². The maximum Gasteiger partial charge on any atom is 0.270 e. The van der Waals surface area contributed by atoms with Crippen LogP contribution in [0.25, 0.3) is 0 Å². The van der Waals surface area contributed by atoms with Crippen LogP contribution in [0.4, 0.5) is 5.69 Å². The molecule has 2 aromatic rings. The summed E-state index contributed by atoms with van der Waals surface area (Å²) in [5.74, 6) is -0.0862. The number of aryl methyl sites for hydroxylation is 2. The Hall–Kier alpha value is -2.39. The van der Waals surface area contributed by atoms with Crippen LogP contribution in [0.1, 0.15) is 45.1 Å². The van der Waals surface area contributed by atoms with Gasteiger partial charge in [0.25, 0.3) is 11.6 Å². The molecule has 0 bridgehead atoms. The first-order valence-electron chi connectivity index (χ1n) is 9.14. The number of rotatable bonds is 9. The van der Waals surface area contributed by atoms with Crippen molar-refractivity contribution in [2.24, 2.45) is 0 Å². The Morgan fingerprint density at radius 1 is 1.24 bits per heavy atom. The lowest BCUT2D eigenvalue weighted by Crippen LogP contribution is -2.47. The van der Waals surface area contributed by atoms with E-state index in [4.69, 9.17) is 0 Å². The molecule has 156 valence electrons. The molecule has 2 N–H and O–H groups in total. The van der Waals surface area contributed by atoms with Crippen LogP contribution in [-0.2, 0) is 4.79 Å². The molecule has 0 spiro atoms. The highest BCUT2D eigenvalue weighted by atomic mass is 32.2. The number of nitro benzene ring substituents is 1. The Labute approximate surface area is 178 Å². The van der Waals surface area contributed by atoms with Crippen LogP contribution in [0, 0.1) is 24.0 Å². The number of thioether (sulfide) groups is 1. The van der Waals surface area contributed by atoms with Crippen LogP contribution < -0.4 is 10.6 Å². The second-order valence-corrected chi connectivity index (χ2v) is 9.16. The number of benzene rings is 1. The average Bonchev–Trinajstić information content (AvgIpc) is 3.03. The van der Waals surface area contributed by atoms with Gasteiger partial charge in [0.1, 0.15) is 6.04 Å². The van der Waals surface area contributed by atoms with Gasteiger partial charge in [-0.3, -0.25) is 19.7 Å². The number of carbonyl (C=O) groups excluding carboxylic acids is 2. The molecule has 1 heterocycles. The molecule has 29 heavy (non-hydrogen) atoms. The lowest BCUT2D eigenvalue weighted by molar-refractivity contribution is -0.384. The molecule has 0 saturated heterocycles. The Kier molecular flexibility index (Phi) is 8.21. The van der Waals surface area contributed by atoms with Gasteiger partial charge in [0.15, 0.2) is 0 Å². The highest BCUT2D eigenvalue weighted by molar-refractivity contribution is 7.98. The summed E-state index contributed by atoms with van der Waals surface area (Å²) in [6.07, 6.45) is 2.39. The van der Waals surface area contributed by atoms with E-state index >= 15 is 0 Å². The molecule has 1 aromatic heterocycles. The zero-order valence-corrected chi connectivity index (χ0v) is 18.5. The molecular formula is C20H25N3O4S2. The molecule has 0 saturated carbocycles. The SMILES string of the molecule is CSCCC(NC(=O)c1cccc([N+](=O)[O-])c1)C(=O)NC(C)c1cc(C)sc1C. The molecule has 0 aliphatic carbocycles. The number of thiophene rings is 1. The van der Waals surface area contributed by atoms with Gasteiger partial charge >= 0.3 is 0 Å². The van der Waals surface area contributed by atoms with E-state index in [2.05, 4.69) is 16.7 Å². The molecule has 0 fully saturated rings. The smallest absolute Gasteiger partial charge is 0.270 e. The summed E-state index contributed by atoms with van der Waals surface area (Å²) in [5.41, 5.74) is 1.05. The van der Waals surface area contributed by atoms with Crippen LogP contribution in [0.15, 0.2) is 30.3 Å². The van der Waals surface area contributed by atoms with Gasteiger partial charge in [0.2, 0.25) is 5.91 Å². The van der Waals surface area contributed by atoms with Crippen LogP contribution in [0.3, 0.4) is 0 Å². The van der Waals surface area contributed by atoms with Crippen LogP contribution in [-0.4, -0.2) is 34.8 Å². The van der Waals surface area contributed by atoms with E-state index in [1.165, 1.54) is 29.1 Å².